The third-order valence-corrected chi connectivity index (χ3v) is 3.57. The highest BCUT2D eigenvalue weighted by atomic mass is 35.5. The quantitative estimate of drug-likeness (QED) is 0.883. The van der Waals surface area contributed by atoms with E-state index in [9.17, 15) is 9.59 Å². The number of pyridine rings is 1. The molecule has 116 valence electrons. The number of hydrogen-bond acceptors (Lipinski definition) is 4. The predicted octanol–water partition coefficient (Wildman–Crippen LogP) is 2.88. The molecule has 1 heterocycles. The van der Waals surface area contributed by atoms with Gasteiger partial charge in [0.25, 0.3) is 5.91 Å². The number of nitrogens with zero attached hydrogens (tertiary/aromatic N) is 1. The fourth-order valence-electron chi connectivity index (χ4n) is 2.13. The number of methoxy groups -OCH3 is 1. The number of carbonyl (C=O) groups is 2. The van der Waals surface area contributed by atoms with Gasteiger partial charge in [-0.3, -0.25) is 9.78 Å². The molecule has 0 aliphatic carbocycles. The first-order chi connectivity index (χ1) is 10.2. The highest BCUT2D eigenvalue weighted by molar-refractivity contribution is 6.31. The van der Waals surface area contributed by atoms with Gasteiger partial charge in [0, 0.05) is 10.4 Å². The fraction of sp³-hybridized carbons (Fsp3) is 0.312. The molecule has 0 aliphatic heterocycles. The normalized spacial score (nSPS) is 11.3. The zero-order valence-electron chi connectivity index (χ0n) is 12.9. The summed E-state index contributed by atoms with van der Waals surface area (Å²) in [6.45, 7) is 4.91. The van der Waals surface area contributed by atoms with Crippen molar-refractivity contribution in [3.05, 3.63) is 40.5 Å². The number of amides is 1. The Balaban J connectivity index is 2.39. The zero-order valence-corrected chi connectivity index (χ0v) is 13.6. The molecule has 6 heteroatoms. The van der Waals surface area contributed by atoms with Crippen LogP contribution < -0.4 is 5.32 Å². The first-order valence-electron chi connectivity index (χ1n) is 6.72. The second kappa shape index (κ2) is 5.93. The van der Waals surface area contributed by atoms with Crippen LogP contribution in [0.5, 0.6) is 0 Å². The maximum absolute atomic E-state index is 12.4. The van der Waals surface area contributed by atoms with Crippen molar-refractivity contribution in [2.75, 3.05) is 7.11 Å². The van der Waals surface area contributed by atoms with E-state index in [2.05, 4.69) is 15.0 Å². The molecule has 22 heavy (non-hydrogen) atoms. The van der Waals surface area contributed by atoms with Crippen molar-refractivity contribution in [3.63, 3.8) is 0 Å². The summed E-state index contributed by atoms with van der Waals surface area (Å²) in [4.78, 5) is 28.5. The Bertz CT molecular complexity index is 756. The second-order valence-electron chi connectivity index (χ2n) is 5.53. The lowest BCUT2D eigenvalue weighted by Gasteiger charge is -2.23. The number of nitrogens with one attached hydrogen (secondary N) is 1. The lowest BCUT2D eigenvalue weighted by Crippen LogP contribution is -2.50. The summed E-state index contributed by atoms with van der Waals surface area (Å²) >= 11 is 5.97. The number of carbonyl (C=O) groups excluding carboxylic acids is 2. The predicted molar refractivity (Wildman–Crippen MR) is 85.1 cm³/mol. The molecule has 2 aromatic rings. The summed E-state index contributed by atoms with van der Waals surface area (Å²) in [6, 6.07) is 7.00. The van der Waals surface area contributed by atoms with Crippen molar-refractivity contribution >= 4 is 34.4 Å². The highest BCUT2D eigenvalue weighted by Crippen LogP contribution is 2.21. The molecule has 0 saturated heterocycles. The fourth-order valence-corrected chi connectivity index (χ4v) is 2.31. The van der Waals surface area contributed by atoms with E-state index in [0.717, 1.165) is 10.9 Å². The van der Waals surface area contributed by atoms with Gasteiger partial charge in [-0.15, -0.1) is 0 Å². The van der Waals surface area contributed by atoms with E-state index in [1.165, 1.54) is 7.11 Å². The molecule has 0 radical (unpaired) electrons. The van der Waals surface area contributed by atoms with Gasteiger partial charge in [0.05, 0.1) is 23.9 Å². The van der Waals surface area contributed by atoms with Crippen LogP contribution in [0.25, 0.3) is 10.9 Å². The van der Waals surface area contributed by atoms with E-state index in [1.807, 2.05) is 0 Å². The molecular formula is C16H17ClN2O3. The van der Waals surface area contributed by atoms with E-state index in [-0.39, 0.29) is 5.91 Å². The Labute approximate surface area is 133 Å². The summed E-state index contributed by atoms with van der Waals surface area (Å²) in [5.41, 5.74) is 0.604. The Morgan fingerprint density at radius 2 is 1.95 bits per heavy atom. The Kier molecular flexibility index (Phi) is 4.37. The molecule has 0 spiro atoms. The number of esters is 1. The maximum atomic E-state index is 12.4. The van der Waals surface area contributed by atoms with E-state index in [4.69, 9.17) is 11.6 Å². The Hall–Kier alpha value is -2.14. The number of ether oxygens (including phenoxy) is 1. The molecule has 5 nitrogen and oxygen atoms in total. The molecule has 0 bridgehead atoms. The smallest absolute Gasteiger partial charge is 0.330 e. The lowest BCUT2D eigenvalue weighted by atomic mass is 10.0. The van der Waals surface area contributed by atoms with Crippen LogP contribution in [-0.2, 0) is 9.53 Å². The van der Waals surface area contributed by atoms with Gasteiger partial charge in [0.15, 0.2) is 0 Å². The van der Waals surface area contributed by atoms with Crippen LogP contribution in [0.4, 0.5) is 0 Å². The van der Waals surface area contributed by atoms with Crippen LogP contribution in [0.1, 0.15) is 29.9 Å². The molecule has 0 atom stereocenters. The van der Waals surface area contributed by atoms with Crippen LogP contribution in [0.3, 0.4) is 0 Å². The summed E-state index contributed by atoms with van der Waals surface area (Å²) in [7, 11) is 1.28. The van der Waals surface area contributed by atoms with Crippen LogP contribution in [0.2, 0.25) is 5.02 Å². The molecule has 0 fully saturated rings. The van der Waals surface area contributed by atoms with Gasteiger partial charge >= 0.3 is 5.97 Å². The van der Waals surface area contributed by atoms with Crippen LogP contribution in [0.15, 0.2) is 24.3 Å². The highest BCUT2D eigenvalue weighted by Gasteiger charge is 2.31. The maximum Gasteiger partial charge on any atom is 0.330 e. The Morgan fingerprint density at radius 1 is 1.27 bits per heavy atom. The molecule has 1 N–H and O–H groups in total. The van der Waals surface area contributed by atoms with Gasteiger partial charge in [-0.1, -0.05) is 11.6 Å². The van der Waals surface area contributed by atoms with Gasteiger partial charge in [0.1, 0.15) is 5.54 Å². The number of benzene rings is 1. The van der Waals surface area contributed by atoms with Gasteiger partial charge in [-0.25, -0.2) is 4.79 Å². The van der Waals surface area contributed by atoms with Gasteiger partial charge in [-0.2, -0.15) is 0 Å². The first kappa shape index (κ1) is 16.2. The largest absolute Gasteiger partial charge is 0.467 e. The average molecular weight is 321 g/mol. The molecular weight excluding hydrogens is 304 g/mol. The van der Waals surface area contributed by atoms with Crippen molar-refractivity contribution in [2.24, 2.45) is 0 Å². The molecule has 1 aromatic heterocycles. The van der Waals surface area contributed by atoms with Crippen molar-refractivity contribution in [1.29, 1.82) is 0 Å². The average Bonchev–Trinajstić information content (AvgIpc) is 2.45. The monoisotopic (exact) mass is 320 g/mol. The molecule has 1 amide bonds. The summed E-state index contributed by atoms with van der Waals surface area (Å²) < 4.78 is 4.68. The molecule has 2 rings (SSSR count). The van der Waals surface area contributed by atoms with E-state index < -0.39 is 11.5 Å². The number of aromatic nitrogens is 1. The van der Waals surface area contributed by atoms with E-state index >= 15 is 0 Å². The number of halogens is 1. The van der Waals surface area contributed by atoms with Crippen molar-refractivity contribution in [3.8, 4) is 0 Å². The van der Waals surface area contributed by atoms with Gasteiger partial charge in [-0.05, 0) is 45.0 Å². The Morgan fingerprint density at radius 3 is 2.59 bits per heavy atom. The summed E-state index contributed by atoms with van der Waals surface area (Å²) in [5.74, 6) is -0.905. The number of rotatable bonds is 3. The minimum atomic E-state index is -1.12. The minimum Gasteiger partial charge on any atom is -0.467 e. The standard InChI is InChI=1S/C16H17ClN2O3/c1-9-12(14(20)19-16(2,3)15(21)22-4)8-10-7-11(17)5-6-13(10)18-9/h5-8H,1-4H3,(H,19,20). The van der Waals surface area contributed by atoms with Gasteiger partial charge < -0.3 is 10.1 Å². The second-order valence-corrected chi connectivity index (χ2v) is 5.97. The third-order valence-electron chi connectivity index (χ3n) is 3.33. The van der Waals surface area contributed by atoms with E-state index in [1.54, 1.807) is 45.0 Å². The SMILES string of the molecule is COC(=O)C(C)(C)NC(=O)c1cc2cc(Cl)ccc2nc1C. The molecule has 0 unspecified atom stereocenters. The van der Waals surface area contributed by atoms with Crippen molar-refractivity contribution in [1.82, 2.24) is 10.3 Å². The first-order valence-corrected chi connectivity index (χ1v) is 7.10. The van der Waals surface area contributed by atoms with Gasteiger partial charge in [0.2, 0.25) is 0 Å². The molecule has 1 aromatic carbocycles. The van der Waals surface area contributed by atoms with Crippen molar-refractivity contribution < 1.29 is 14.3 Å². The number of fused-ring (bicyclic) bond motifs is 1. The third kappa shape index (κ3) is 3.20. The van der Waals surface area contributed by atoms with Crippen molar-refractivity contribution in [2.45, 2.75) is 26.3 Å². The number of hydrogen-bond donors (Lipinski definition) is 1. The van der Waals surface area contributed by atoms with Crippen LogP contribution in [0, 0.1) is 6.92 Å². The van der Waals surface area contributed by atoms with Crippen LogP contribution in [-0.4, -0.2) is 29.5 Å². The van der Waals surface area contributed by atoms with E-state index in [0.29, 0.717) is 16.3 Å². The zero-order chi connectivity index (χ0) is 16.5. The minimum absolute atomic E-state index is 0.387. The molecule has 0 saturated carbocycles. The van der Waals surface area contributed by atoms with Crippen LogP contribution >= 0.6 is 11.6 Å². The number of aryl methyl sites for hydroxylation is 1. The summed E-state index contributed by atoms with van der Waals surface area (Å²) in [6.07, 6.45) is 0. The molecule has 0 aliphatic rings. The summed E-state index contributed by atoms with van der Waals surface area (Å²) in [5, 5.41) is 3.99. The topological polar surface area (TPSA) is 68.3 Å². The lowest BCUT2D eigenvalue weighted by molar-refractivity contribution is -0.146.